The number of nitrogens with zero attached hydrogens (tertiary/aromatic N) is 1. The van der Waals surface area contributed by atoms with Crippen molar-refractivity contribution in [2.45, 2.75) is 39.0 Å². The number of carbonyl (C=O) groups is 1. The maximum atomic E-state index is 13.8. The molecule has 1 aliphatic carbocycles. The Balaban J connectivity index is 1.61. The summed E-state index contributed by atoms with van der Waals surface area (Å²) >= 11 is 0. The Labute approximate surface area is 135 Å². The second-order valence-corrected chi connectivity index (χ2v) is 6.02. The number of halogens is 1. The summed E-state index contributed by atoms with van der Waals surface area (Å²) in [6.45, 7) is 2.34. The fourth-order valence-electron chi connectivity index (χ4n) is 3.05. The molecule has 3 rings (SSSR count). The smallest absolute Gasteiger partial charge is 0.229 e. The van der Waals surface area contributed by atoms with Crippen LogP contribution in [0, 0.1) is 18.7 Å². The topological polar surface area (TPSA) is 55.1 Å². The van der Waals surface area contributed by atoms with Gasteiger partial charge >= 0.3 is 0 Å². The van der Waals surface area contributed by atoms with E-state index in [1.165, 1.54) is 6.07 Å². The van der Waals surface area contributed by atoms with Crippen LogP contribution in [0.4, 0.5) is 4.39 Å². The first-order valence-electron chi connectivity index (χ1n) is 8.14. The highest BCUT2D eigenvalue weighted by atomic mass is 19.1. The Morgan fingerprint density at radius 3 is 2.83 bits per heavy atom. The van der Waals surface area contributed by atoms with Gasteiger partial charge in [0.2, 0.25) is 11.8 Å². The van der Waals surface area contributed by atoms with Gasteiger partial charge in [0, 0.05) is 18.9 Å². The third-order valence-electron chi connectivity index (χ3n) is 4.38. The highest BCUT2D eigenvalue weighted by Crippen LogP contribution is 2.25. The molecule has 2 aromatic rings. The number of rotatable bonds is 5. The van der Waals surface area contributed by atoms with E-state index in [4.69, 9.17) is 4.42 Å². The number of benzene rings is 1. The van der Waals surface area contributed by atoms with Crippen LogP contribution in [-0.4, -0.2) is 17.4 Å². The lowest BCUT2D eigenvalue weighted by molar-refractivity contribution is -0.124. The lowest BCUT2D eigenvalue weighted by Crippen LogP contribution is -2.31. The quantitative estimate of drug-likeness (QED) is 0.916. The van der Waals surface area contributed by atoms with E-state index in [2.05, 4.69) is 10.3 Å². The minimum Gasteiger partial charge on any atom is -0.441 e. The van der Waals surface area contributed by atoms with Crippen molar-refractivity contribution in [3.63, 3.8) is 0 Å². The van der Waals surface area contributed by atoms with E-state index < -0.39 is 0 Å². The summed E-state index contributed by atoms with van der Waals surface area (Å²) in [5.74, 6) is 0.909. The van der Waals surface area contributed by atoms with E-state index in [1.807, 2.05) is 6.92 Å². The molecule has 122 valence electrons. The number of aryl methyl sites for hydroxylation is 1. The second-order valence-electron chi connectivity index (χ2n) is 6.02. The van der Waals surface area contributed by atoms with E-state index >= 15 is 0 Å². The van der Waals surface area contributed by atoms with Crippen LogP contribution in [0.3, 0.4) is 0 Å². The highest BCUT2D eigenvalue weighted by Gasteiger charge is 2.22. The summed E-state index contributed by atoms with van der Waals surface area (Å²) in [5, 5.41) is 2.97. The van der Waals surface area contributed by atoms with Crippen molar-refractivity contribution in [1.82, 2.24) is 10.3 Å². The van der Waals surface area contributed by atoms with Crippen LogP contribution in [0.2, 0.25) is 0 Å². The van der Waals surface area contributed by atoms with Gasteiger partial charge in [0.05, 0.1) is 11.3 Å². The zero-order chi connectivity index (χ0) is 16.2. The van der Waals surface area contributed by atoms with E-state index in [0.717, 1.165) is 31.4 Å². The monoisotopic (exact) mass is 316 g/mol. The van der Waals surface area contributed by atoms with Gasteiger partial charge in [0.15, 0.2) is 0 Å². The summed E-state index contributed by atoms with van der Waals surface area (Å²) in [7, 11) is 0. The number of aromatic nitrogens is 1. The third kappa shape index (κ3) is 3.60. The van der Waals surface area contributed by atoms with Gasteiger partial charge in [-0.3, -0.25) is 4.79 Å². The van der Waals surface area contributed by atoms with Gasteiger partial charge in [-0.2, -0.15) is 0 Å². The van der Waals surface area contributed by atoms with Gasteiger partial charge in [-0.15, -0.1) is 0 Å². The number of nitrogens with one attached hydrogen (secondary N) is 1. The van der Waals surface area contributed by atoms with Gasteiger partial charge in [-0.25, -0.2) is 9.37 Å². The van der Waals surface area contributed by atoms with Crippen molar-refractivity contribution in [3.05, 3.63) is 41.5 Å². The Kier molecular flexibility index (Phi) is 4.74. The van der Waals surface area contributed by atoms with Crippen LogP contribution in [0.5, 0.6) is 0 Å². The number of carbonyl (C=O) groups excluding carboxylic acids is 1. The Hall–Kier alpha value is -2.17. The van der Waals surface area contributed by atoms with Crippen LogP contribution >= 0.6 is 0 Å². The van der Waals surface area contributed by atoms with E-state index in [0.29, 0.717) is 24.3 Å². The van der Waals surface area contributed by atoms with E-state index in [-0.39, 0.29) is 23.5 Å². The Morgan fingerprint density at radius 2 is 2.09 bits per heavy atom. The molecule has 1 aromatic carbocycles. The predicted molar refractivity (Wildman–Crippen MR) is 85.3 cm³/mol. The molecule has 0 saturated heterocycles. The zero-order valence-electron chi connectivity index (χ0n) is 13.3. The normalized spacial score (nSPS) is 15.0. The molecule has 1 aliphatic rings. The maximum Gasteiger partial charge on any atom is 0.229 e. The van der Waals surface area contributed by atoms with Crippen molar-refractivity contribution in [2.24, 2.45) is 5.92 Å². The number of hydrogen-bond acceptors (Lipinski definition) is 3. The van der Waals surface area contributed by atoms with Crippen molar-refractivity contribution >= 4 is 5.91 Å². The average Bonchev–Trinajstić information content (AvgIpc) is 3.18. The molecule has 1 fully saturated rings. The molecular formula is C18H21FN2O2. The molecule has 1 aromatic heterocycles. The molecule has 4 nitrogen and oxygen atoms in total. The SMILES string of the molecule is Cc1oc(-c2ccccc2F)nc1CCNC(=O)C1CCCC1. The van der Waals surface area contributed by atoms with Crippen LogP contribution in [0.1, 0.15) is 37.1 Å². The molecule has 0 spiro atoms. The predicted octanol–water partition coefficient (Wildman–Crippen LogP) is 3.64. The third-order valence-corrected chi connectivity index (χ3v) is 4.38. The minimum atomic E-state index is -0.352. The largest absolute Gasteiger partial charge is 0.441 e. The molecule has 5 heteroatoms. The zero-order valence-corrected chi connectivity index (χ0v) is 13.3. The van der Waals surface area contributed by atoms with Crippen LogP contribution in [0.15, 0.2) is 28.7 Å². The van der Waals surface area contributed by atoms with Crippen molar-refractivity contribution in [2.75, 3.05) is 6.54 Å². The summed E-state index contributed by atoms with van der Waals surface area (Å²) in [6.07, 6.45) is 4.86. The molecule has 1 N–H and O–H groups in total. The van der Waals surface area contributed by atoms with Crippen molar-refractivity contribution < 1.29 is 13.6 Å². The minimum absolute atomic E-state index is 0.137. The highest BCUT2D eigenvalue weighted by molar-refractivity contribution is 5.78. The van der Waals surface area contributed by atoms with Crippen molar-refractivity contribution in [1.29, 1.82) is 0 Å². The lowest BCUT2D eigenvalue weighted by Gasteiger charge is -2.09. The van der Waals surface area contributed by atoms with E-state index in [9.17, 15) is 9.18 Å². The van der Waals surface area contributed by atoms with Gasteiger partial charge in [0.1, 0.15) is 11.6 Å². The average molecular weight is 316 g/mol. The maximum absolute atomic E-state index is 13.8. The molecule has 0 aliphatic heterocycles. The summed E-state index contributed by atoms with van der Waals surface area (Å²) in [6, 6.07) is 6.41. The Morgan fingerprint density at radius 1 is 1.35 bits per heavy atom. The standard InChI is InChI=1S/C18H21FN2O2/c1-12-16(10-11-20-17(22)13-6-2-3-7-13)21-18(23-12)14-8-4-5-9-15(14)19/h4-5,8-9,13H,2-3,6-7,10-11H2,1H3,(H,20,22). The van der Waals surface area contributed by atoms with Gasteiger partial charge in [0.25, 0.3) is 0 Å². The van der Waals surface area contributed by atoms with Gasteiger partial charge < -0.3 is 9.73 Å². The molecule has 0 atom stereocenters. The summed E-state index contributed by atoms with van der Waals surface area (Å²) in [4.78, 5) is 16.4. The first-order valence-corrected chi connectivity index (χ1v) is 8.14. The fourth-order valence-corrected chi connectivity index (χ4v) is 3.05. The number of oxazole rings is 1. The molecule has 0 radical (unpaired) electrons. The number of amides is 1. The van der Waals surface area contributed by atoms with Crippen LogP contribution in [0.25, 0.3) is 11.5 Å². The first-order chi connectivity index (χ1) is 11.1. The first kappa shape index (κ1) is 15.7. The van der Waals surface area contributed by atoms with Gasteiger partial charge in [-0.05, 0) is 31.9 Å². The molecular weight excluding hydrogens is 295 g/mol. The molecule has 1 saturated carbocycles. The van der Waals surface area contributed by atoms with Crippen molar-refractivity contribution in [3.8, 4) is 11.5 Å². The molecule has 1 amide bonds. The summed E-state index contributed by atoms with van der Waals surface area (Å²) in [5.41, 5.74) is 1.12. The number of hydrogen-bond donors (Lipinski definition) is 1. The molecule has 0 unspecified atom stereocenters. The van der Waals surface area contributed by atoms with Crippen LogP contribution < -0.4 is 5.32 Å². The van der Waals surface area contributed by atoms with Gasteiger partial charge in [-0.1, -0.05) is 25.0 Å². The lowest BCUT2D eigenvalue weighted by atomic mass is 10.1. The van der Waals surface area contributed by atoms with E-state index in [1.54, 1.807) is 18.2 Å². The fraction of sp³-hybridized carbons (Fsp3) is 0.444. The summed E-state index contributed by atoms with van der Waals surface area (Å²) < 4.78 is 19.4. The molecule has 23 heavy (non-hydrogen) atoms. The van der Waals surface area contributed by atoms with Crippen LogP contribution in [-0.2, 0) is 11.2 Å². The molecule has 0 bridgehead atoms. The molecule has 1 heterocycles. The second kappa shape index (κ2) is 6.94. The Bertz CT molecular complexity index is 690.